The van der Waals surface area contributed by atoms with E-state index in [-0.39, 0.29) is 0 Å². The van der Waals surface area contributed by atoms with Gasteiger partial charge in [-0.1, -0.05) is 0 Å². The van der Waals surface area contributed by atoms with E-state index in [1.807, 2.05) is 6.07 Å². The molecule has 0 spiro atoms. The van der Waals surface area contributed by atoms with Crippen LogP contribution in [-0.4, -0.2) is 16.4 Å². The Labute approximate surface area is 75.7 Å². The quantitative estimate of drug-likeness (QED) is 0.665. The standard InChI is InChI=1S/C8H10N4O/c9-4-7(10)6-5-11-12-2-1-3-13-8(6)12/h5,7H,1-3,10H2. The summed E-state index contributed by atoms with van der Waals surface area (Å²) in [7, 11) is 0. The van der Waals surface area contributed by atoms with Gasteiger partial charge in [-0.3, -0.25) is 0 Å². The summed E-state index contributed by atoms with van der Waals surface area (Å²) in [6.45, 7) is 1.52. The van der Waals surface area contributed by atoms with Gasteiger partial charge in [-0.2, -0.15) is 10.4 Å². The second-order valence-electron chi connectivity index (χ2n) is 2.94. The van der Waals surface area contributed by atoms with Gasteiger partial charge >= 0.3 is 0 Å². The maximum atomic E-state index is 8.64. The van der Waals surface area contributed by atoms with Gasteiger partial charge in [-0.15, -0.1) is 0 Å². The van der Waals surface area contributed by atoms with E-state index in [1.165, 1.54) is 0 Å². The predicted octanol–water partition coefficient (Wildman–Crippen LogP) is 0.189. The van der Waals surface area contributed by atoms with E-state index in [0.717, 1.165) is 13.0 Å². The zero-order valence-corrected chi connectivity index (χ0v) is 7.10. The summed E-state index contributed by atoms with van der Waals surface area (Å²) in [5, 5.41) is 12.7. The first-order valence-electron chi connectivity index (χ1n) is 4.16. The zero-order valence-electron chi connectivity index (χ0n) is 7.10. The van der Waals surface area contributed by atoms with E-state index in [0.29, 0.717) is 18.1 Å². The van der Waals surface area contributed by atoms with Crippen LogP contribution in [0.1, 0.15) is 18.0 Å². The highest BCUT2D eigenvalue weighted by Gasteiger charge is 2.20. The van der Waals surface area contributed by atoms with Crippen molar-refractivity contribution in [2.24, 2.45) is 5.73 Å². The smallest absolute Gasteiger partial charge is 0.217 e. The number of rotatable bonds is 1. The average molecular weight is 178 g/mol. The third-order valence-corrected chi connectivity index (χ3v) is 2.04. The van der Waals surface area contributed by atoms with Gasteiger partial charge in [0.15, 0.2) is 0 Å². The number of fused-ring (bicyclic) bond motifs is 1. The Morgan fingerprint density at radius 2 is 2.62 bits per heavy atom. The second-order valence-corrected chi connectivity index (χ2v) is 2.94. The molecule has 1 atom stereocenters. The number of hydrogen-bond acceptors (Lipinski definition) is 4. The number of nitrogens with two attached hydrogens (primary N) is 1. The van der Waals surface area contributed by atoms with Crippen LogP contribution in [0.15, 0.2) is 6.20 Å². The summed E-state index contributed by atoms with van der Waals surface area (Å²) in [4.78, 5) is 0. The maximum Gasteiger partial charge on any atom is 0.217 e. The fraction of sp³-hybridized carbons (Fsp3) is 0.500. The van der Waals surface area contributed by atoms with Crippen LogP contribution in [0.5, 0.6) is 5.88 Å². The van der Waals surface area contributed by atoms with Gasteiger partial charge in [0.05, 0.1) is 24.4 Å². The molecule has 13 heavy (non-hydrogen) atoms. The van der Waals surface area contributed by atoms with E-state index in [1.54, 1.807) is 10.9 Å². The summed E-state index contributed by atoms with van der Waals surface area (Å²) < 4.78 is 7.13. The Bertz CT molecular complexity index is 352. The largest absolute Gasteiger partial charge is 0.477 e. The molecule has 0 aromatic carbocycles. The van der Waals surface area contributed by atoms with Crippen LogP contribution in [0.4, 0.5) is 0 Å². The SMILES string of the molecule is N#CC(N)c1cnn2c1OCCC2. The molecule has 0 bridgehead atoms. The van der Waals surface area contributed by atoms with Crippen LogP contribution in [0, 0.1) is 11.3 Å². The first-order valence-corrected chi connectivity index (χ1v) is 4.16. The lowest BCUT2D eigenvalue weighted by Crippen LogP contribution is -2.17. The van der Waals surface area contributed by atoms with Crippen molar-refractivity contribution in [3.05, 3.63) is 11.8 Å². The van der Waals surface area contributed by atoms with Crippen molar-refractivity contribution in [1.29, 1.82) is 5.26 Å². The molecule has 2 heterocycles. The van der Waals surface area contributed by atoms with Crippen molar-refractivity contribution in [2.45, 2.75) is 19.0 Å². The Morgan fingerprint density at radius 1 is 1.77 bits per heavy atom. The minimum absolute atomic E-state index is 0.637. The van der Waals surface area contributed by atoms with Crippen molar-refractivity contribution in [3.63, 3.8) is 0 Å². The molecule has 0 amide bonds. The molecule has 0 radical (unpaired) electrons. The molecule has 0 saturated carbocycles. The summed E-state index contributed by atoms with van der Waals surface area (Å²) in [5.41, 5.74) is 6.25. The van der Waals surface area contributed by atoms with Crippen molar-refractivity contribution in [1.82, 2.24) is 9.78 Å². The number of hydrogen-bond donors (Lipinski definition) is 1. The van der Waals surface area contributed by atoms with E-state index in [2.05, 4.69) is 5.10 Å². The van der Waals surface area contributed by atoms with Gasteiger partial charge in [0.2, 0.25) is 5.88 Å². The summed E-state index contributed by atoms with van der Waals surface area (Å²) >= 11 is 0. The number of ether oxygens (including phenoxy) is 1. The monoisotopic (exact) mass is 178 g/mol. The Morgan fingerprint density at radius 3 is 3.38 bits per heavy atom. The first-order chi connectivity index (χ1) is 6.33. The summed E-state index contributed by atoms with van der Waals surface area (Å²) in [6, 6.07) is 1.32. The van der Waals surface area contributed by atoms with Crippen molar-refractivity contribution in [2.75, 3.05) is 6.61 Å². The van der Waals surface area contributed by atoms with Crippen LogP contribution in [-0.2, 0) is 6.54 Å². The lowest BCUT2D eigenvalue weighted by atomic mass is 10.2. The van der Waals surface area contributed by atoms with Crippen LogP contribution < -0.4 is 10.5 Å². The van der Waals surface area contributed by atoms with E-state index >= 15 is 0 Å². The number of aromatic nitrogens is 2. The van der Waals surface area contributed by atoms with Gasteiger partial charge in [-0.25, -0.2) is 4.68 Å². The normalized spacial score (nSPS) is 16.9. The molecular formula is C8H10N4O. The number of nitrogens with zero attached hydrogens (tertiary/aromatic N) is 3. The molecule has 0 fully saturated rings. The lowest BCUT2D eigenvalue weighted by molar-refractivity contribution is 0.228. The highest BCUT2D eigenvalue weighted by atomic mass is 16.5. The van der Waals surface area contributed by atoms with Crippen LogP contribution in [0.2, 0.25) is 0 Å². The summed E-state index contributed by atoms with van der Waals surface area (Å²) in [5.74, 6) is 0.653. The third kappa shape index (κ3) is 1.25. The van der Waals surface area contributed by atoms with E-state index < -0.39 is 6.04 Å². The number of nitriles is 1. The van der Waals surface area contributed by atoms with Gasteiger partial charge in [0.25, 0.3) is 0 Å². The van der Waals surface area contributed by atoms with Crippen LogP contribution in [0.25, 0.3) is 0 Å². The first kappa shape index (κ1) is 8.08. The predicted molar refractivity (Wildman–Crippen MR) is 44.9 cm³/mol. The average Bonchev–Trinajstić information content (AvgIpc) is 2.60. The van der Waals surface area contributed by atoms with Gasteiger partial charge in [0, 0.05) is 13.0 Å². The Kier molecular flexibility index (Phi) is 1.91. The Balaban J connectivity index is 2.38. The topological polar surface area (TPSA) is 76.9 Å². The minimum atomic E-state index is -0.637. The highest BCUT2D eigenvalue weighted by molar-refractivity contribution is 5.31. The molecule has 1 aliphatic heterocycles. The molecule has 5 heteroatoms. The molecule has 1 aromatic heterocycles. The highest BCUT2D eigenvalue weighted by Crippen LogP contribution is 2.26. The molecule has 1 aliphatic rings. The molecule has 5 nitrogen and oxygen atoms in total. The molecule has 2 N–H and O–H groups in total. The molecule has 2 rings (SSSR count). The molecular weight excluding hydrogens is 168 g/mol. The van der Waals surface area contributed by atoms with Crippen LogP contribution in [0.3, 0.4) is 0 Å². The zero-order chi connectivity index (χ0) is 9.26. The molecule has 68 valence electrons. The third-order valence-electron chi connectivity index (χ3n) is 2.04. The van der Waals surface area contributed by atoms with Gasteiger partial charge in [0.1, 0.15) is 6.04 Å². The molecule has 0 saturated heterocycles. The van der Waals surface area contributed by atoms with Gasteiger partial charge in [-0.05, 0) is 0 Å². The molecule has 1 aromatic rings. The van der Waals surface area contributed by atoms with E-state index in [9.17, 15) is 0 Å². The Hall–Kier alpha value is -1.54. The maximum absolute atomic E-state index is 8.64. The van der Waals surface area contributed by atoms with Crippen molar-refractivity contribution < 1.29 is 4.74 Å². The fourth-order valence-electron chi connectivity index (χ4n) is 1.37. The van der Waals surface area contributed by atoms with Crippen molar-refractivity contribution >= 4 is 0 Å². The summed E-state index contributed by atoms with van der Waals surface area (Å²) in [6.07, 6.45) is 2.56. The minimum Gasteiger partial charge on any atom is -0.477 e. The number of aryl methyl sites for hydroxylation is 1. The fourth-order valence-corrected chi connectivity index (χ4v) is 1.37. The van der Waals surface area contributed by atoms with E-state index in [4.69, 9.17) is 15.7 Å². The van der Waals surface area contributed by atoms with Crippen LogP contribution >= 0.6 is 0 Å². The second kappa shape index (κ2) is 3.07. The van der Waals surface area contributed by atoms with Crippen molar-refractivity contribution in [3.8, 4) is 11.9 Å². The molecule has 0 aliphatic carbocycles. The molecule has 1 unspecified atom stereocenters. The lowest BCUT2D eigenvalue weighted by Gasteiger charge is -2.16. The van der Waals surface area contributed by atoms with Gasteiger partial charge < -0.3 is 10.5 Å².